The molecular formula is C20H30N2O3. The molecule has 2 unspecified atom stereocenters. The molecule has 1 amide bonds. The molecule has 2 fully saturated rings. The summed E-state index contributed by atoms with van der Waals surface area (Å²) in [6.45, 7) is 3.29. The maximum Gasteiger partial charge on any atom is 0.237 e. The van der Waals surface area contributed by atoms with Gasteiger partial charge in [-0.25, -0.2) is 0 Å². The zero-order valence-corrected chi connectivity index (χ0v) is 15.2. The topological polar surface area (TPSA) is 53.0 Å². The Labute approximate surface area is 150 Å². The van der Waals surface area contributed by atoms with Gasteiger partial charge < -0.3 is 14.7 Å². The van der Waals surface area contributed by atoms with Crippen LogP contribution in [0.2, 0.25) is 0 Å². The molecule has 5 heteroatoms. The Kier molecular flexibility index (Phi) is 6.32. The number of rotatable bonds is 5. The van der Waals surface area contributed by atoms with E-state index in [9.17, 15) is 9.90 Å². The van der Waals surface area contributed by atoms with Gasteiger partial charge in [0.25, 0.3) is 0 Å². The summed E-state index contributed by atoms with van der Waals surface area (Å²) in [7, 11) is 1.67. The summed E-state index contributed by atoms with van der Waals surface area (Å²) < 4.78 is 5.26. The Balaban J connectivity index is 1.70. The lowest BCUT2D eigenvalue weighted by Gasteiger charge is -2.32. The first-order valence-corrected chi connectivity index (χ1v) is 9.48. The van der Waals surface area contributed by atoms with E-state index in [0.29, 0.717) is 12.5 Å². The van der Waals surface area contributed by atoms with Gasteiger partial charge in [0, 0.05) is 19.7 Å². The molecule has 2 aliphatic rings. The van der Waals surface area contributed by atoms with E-state index >= 15 is 0 Å². The normalized spacial score (nSPS) is 25.0. The second-order valence-corrected chi connectivity index (χ2v) is 7.30. The highest BCUT2D eigenvalue weighted by Crippen LogP contribution is 2.31. The van der Waals surface area contributed by atoms with E-state index in [1.54, 1.807) is 7.11 Å². The van der Waals surface area contributed by atoms with Crippen molar-refractivity contribution in [3.8, 4) is 5.75 Å². The second kappa shape index (κ2) is 8.68. The number of likely N-dealkylation sites (tertiary alicyclic amines) is 2. The van der Waals surface area contributed by atoms with Crippen molar-refractivity contribution < 1.29 is 14.6 Å². The van der Waals surface area contributed by atoms with Crippen LogP contribution in [-0.4, -0.2) is 60.7 Å². The number of hydrogen-bond donors (Lipinski definition) is 1. The summed E-state index contributed by atoms with van der Waals surface area (Å²) in [5.74, 6) is 1.40. The molecule has 0 aliphatic carbocycles. The van der Waals surface area contributed by atoms with Gasteiger partial charge in [0.05, 0.1) is 19.7 Å². The van der Waals surface area contributed by atoms with Crippen LogP contribution >= 0.6 is 0 Å². The monoisotopic (exact) mass is 346 g/mol. The molecule has 5 nitrogen and oxygen atoms in total. The van der Waals surface area contributed by atoms with Crippen LogP contribution in [0, 0.1) is 5.92 Å². The molecule has 25 heavy (non-hydrogen) atoms. The maximum atomic E-state index is 13.0. The first-order chi connectivity index (χ1) is 12.2. The Bertz CT molecular complexity index is 561. The van der Waals surface area contributed by atoms with Crippen molar-refractivity contribution in [3.63, 3.8) is 0 Å². The van der Waals surface area contributed by atoms with Crippen LogP contribution in [-0.2, 0) is 4.79 Å². The number of ether oxygens (including phenoxy) is 1. The third-order valence-corrected chi connectivity index (χ3v) is 5.56. The van der Waals surface area contributed by atoms with Gasteiger partial charge in [-0.1, -0.05) is 25.0 Å². The molecule has 0 radical (unpaired) electrons. The van der Waals surface area contributed by atoms with Gasteiger partial charge in [-0.15, -0.1) is 0 Å². The molecule has 3 rings (SSSR count). The zero-order valence-electron chi connectivity index (χ0n) is 15.2. The number of carbonyl (C=O) groups excluding carboxylic acids is 1. The molecular weight excluding hydrogens is 316 g/mol. The fraction of sp³-hybridized carbons (Fsp3) is 0.650. The van der Waals surface area contributed by atoms with Gasteiger partial charge in [0.2, 0.25) is 5.91 Å². The standard InChI is InChI=1S/C20H30N2O3/c1-25-18-8-6-17(7-9-18)19-5-3-2-4-11-22(19)20(24)14-21-12-10-16(13-21)15-23/h6-9,16,19,23H,2-5,10-15H2,1H3. The lowest BCUT2D eigenvalue weighted by molar-refractivity contribution is -0.134. The molecule has 0 bridgehead atoms. The van der Waals surface area contributed by atoms with E-state index in [4.69, 9.17) is 4.74 Å². The molecule has 138 valence electrons. The van der Waals surface area contributed by atoms with Crippen LogP contribution in [0.5, 0.6) is 5.75 Å². The van der Waals surface area contributed by atoms with Crippen LogP contribution in [0.1, 0.15) is 43.7 Å². The molecule has 2 saturated heterocycles. The fourth-order valence-corrected chi connectivity index (χ4v) is 4.07. The van der Waals surface area contributed by atoms with Crippen molar-refractivity contribution in [2.75, 3.05) is 39.9 Å². The van der Waals surface area contributed by atoms with Gasteiger partial charge in [-0.05, 0) is 49.4 Å². The molecule has 1 N–H and O–H groups in total. The predicted molar refractivity (Wildman–Crippen MR) is 97.5 cm³/mol. The minimum absolute atomic E-state index is 0.164. The molecule has 0 aromatic heterocycles. The van der Waals surface area contributed by atoms with Crippen LogP contribution in [0.3, 0.4) is 0 Å². The summed E-state index contributed by atoms with van der Waals surface area (Å²) in [5.41, 5.74) is 1.20. The summed E-state index contributed by atoms with van der Waals surface area (Å²) in [5, 5.41) is 9.31. The van der Waals surface area contributed by atoms with Crippen molar-refractivity contribution >= 4 is 5.91 Å². The average Bonchev–Trinajstić information content (AvgIpc) is 2.95. The van der Waals surface area contributed by atoms with E-state index in [0.717, 1.165) is 51.1 Å². The quantitative estimate of drug-likeness (QED) is 0.890. The van der Waals surface area contributed by atoms with Gasteiger partial charge in [0.1, 0.15) is 5.75 Å². The number of aliphatic hydroxyl groups is 1. The largest absolute Gasteiger partial charge is 0.497 e. The number of benzene rings is 1. The second-order valence-electron chi connectivity index (χ2n) is 7.30. The van der Waals surface area contributed by atoms with E-state index in [1.807, 2.05) is 12.1 Å². The molecule has 2 aliphatic heterocycles. The summed E-state index contributed by atoms with van der Waals surface area (Å²) in [6, 6.07) is 8.31. The van der Waals surface area contributed by atoms with E-state index in [-0.39, 0.29) is 18.6 Å². The summed E-state index contributed by atoms with van der Waals surface area (Å²) in [6.07, 6.45) is 5.45. The van der Waals surface area contributed by atoms with E-state index in [2.05, 4.69) is 21.9 Å². The first-order valence-electron chi connectivity index (χ1n) is 9.48. The molecule has 2 atom stereocenters. The number of hydrogen-bond acceptors (Lipinski definition) is 4. The van der Waals surface area contributed by atoms with Gasteiger partial charge >= 0.3 is 0 Å². The third kappa shape index (κ3) is 4.53. The summed E-state index contributed by atoms with van der Waals surface area (Å²) in [4.78, 5) is 17.3. The van der Waals surface area contributed by atoms with Crippen molar-refractivity contribution in [2.24, 2.45) is 5.92 Å². The Morgan fingerprint density at radius 3 is 2.64 bits per heavy atom. The van der Waals surface area contributed by atoms with Crippen LogP contribution in [0.25, 0.3) is 0 Å². The van der Waals surface area contributed by atoms with E-state index < -0.39 is 0 Å². The lowest BCUT2D eigenvalue weighted by Crippen LogP contribution is -2.41. The smallest absolute Gasteiger partial charge is 0.237 e. The minimum atomic E-state index is 0.164. The highest BCUT2D eigenvalue weighted by atomic mass is 16.5. The van der Waals surface area contributed by atoms with Crippen LogP contribution in [0.15, 0.2) is 24.3 Å². The van der Waals surface area contributed by atoms with Crippen molar-refractivity contribution in [1.29, 1.82) is 0 Å². The number of aliphatic hydroxyl groups excluding tert-OH is 1. The predicted octanol–water partition coefficient (Wildman–Crippen LogP) is 2.45. The average molecular weight is 346 g/mol. The first kappa shape index (κ1) is 18.2. The van der Waals surface area contributed by atoms with Crippen molar-refractivity contribution in [1.82, 2.24) is 9.80 Å². The van der Waals surface area contributed by atoms with Crippen LogP contribution in [0.4, 0.5) is 0 Å². The molecule has 0 spiro atoms. The van der Waals surface area contributed by atoms with Crippen molar-refractivity contribution in [2.45, 2.75) is 38.1 Å². The highest BCUT2D eigenvalue weighted by Gasteiger charge is 2.30. The number of carbonyl (C=O) groups is 1. The maximum absolute atomic E-state index is 13.0. The molecule has 2 heterocycles. The zero-order chi connectivity index (χ0) is 17.6. The van der Waals surface area contributed by atoms with Gasteiger partial charge in [-0.3, -0.25) is 9.69 Å². The number of methoxy groups -OCH3 is 1. The summed E-state index contributed by atoms with van der Waals surface area (Å²) >= 11 is 0. The molecule has 0 saturated carbocycles. The minimum Gasteiger partial charge on any atom is -0.497 e. The van der Waals surface area contributed by atoms with Crippen molar-refractivity contribution in [3.05, 3.63) is 29.8 Å². The Hall–Kier alpha value is -1.59. The highest BCUT2D eigenvalue weighted by molar-refractivity contribution is 5.79. The third-order valence-electron chi connectivity index (χ3n) is 5.56. The molecule has 1 aromatic rings. The SMILES string of the molecule is COc1ccc(C2CCCCCN2C(=O)CN2CCC(CO)C2)cc1. The fourth-order valence-electron chi connectivity index (χ4n) is 4.07. The molecule has 1 aromatic carbocycles. The lowest BCUT2D eigenvalue weighted by atomic mass is 10.0. The number of nitrogens with zero attached hydrogens (tertiary/aromatic N) is 2. The van der Waals surface area contributed by atoms with Crippen LogP contribution < -0.4 is 4.74 Å². The number of amides is 1. The Morgan fingerprint density at radius 2 is 1.96 bits per heavy atom. The Morgan fingerprint density at radius 1 is 1.16 bits per heavy atom. The van der Waals surface area contributed by atoms with Gasteiger partial charge in [-0.2, -0.15) is 0 Å². The van der Waals surface area contributed by atoms with E-state index in [1.165, 1.54) is 12.0 Å². The van der Waals surface area contributed by atoms with Gasteiger partial charge in [0.15, 0.2) is 0 Å².